The van der Waals surface area contributed by atoms with Crippen LogP contribution < -0.4 is 9.62 Å². The third-order valence-corrected chi connectivity index (χ3v) is 6.70. The Hall–Kier alpha value is -2.83. The largest absolute Gasteiger partial charge is 0.322 e. The number of nitrogens with one attached hydrogen (secondary N) is 1. The van der Waals surface area contributed by atoms with Gasteiger partial charge in [-0.1, -0.05) is 35.9 Å². The zero-order valence-electron chi connectivity index (χ0n) is 17.9. The van der Waals surface area contributed by atoms with Gasteiger partial charge in [-0.2, -0.15) is 0 Å². The SMILES string of the molecule is Cc1ccc(N(Cc2ccc(C(=O)Nc3ccc(C)c(Cl)c3)cc2)S(C)(=O)=O)cc1C. The van der Waals surface area contributed by atoms with E-state index < -0.39 is 10.0 Å². The van der Waals surface area contributed by atoms with Crippen molar-refractivity contribution >= 4 is 38.9 Å². The highest BCUT2D eigenvalue weighted by Crippen LogP contribution is 2.24. The molecule has 0 heterocycles. The molecule has 1 amide bonds. The highest BCUT2D eigenvalue weighted by molar-refractivity contribution is 7.92. The average Bonchev–Trinajstić information content (AvgIpc) is 2.71. The number of benzene rings is 3. The molecule has 0 aliphatic carbocycles. The summed E-state index contributed by atoms with van der Waals surface area (Å²) in [7, 11) is -3.48. The van der Waals surface area contributed by atoms with Gasteiger partial charge < -0.3 is 5.32 Å². The highest BCUT2D eigenvalue weighted by atomic mass is 35.5. The van der Waals surface area contributed by atoms with Crippen LogP contribution in [0.4, 0.5) is 11.4 Å². The fourth-order valence-electron chi connectivity index (χ4n) is 3.08. The summed E-state index contributed by atoms with van der Waals surface area (Å²) in [5, 5.41) is 3.40. The zero-order valence-corrected chi connectivity index (χ0v) is 19.5. The Kier molecular flexibility index (Phi) is 6.72. The van der Waals surface area contributed by atoms with Crippen LogP contribution in [0.25, 0.3) is 0 Å². The van der Waals surface area contributed by atoms with E-state index in [1.165, 1.54) is 10.6 Å². The van der Waals surface area contributed by atoms with E-state index >= 15 is 0 Å². The van der Waals surface area contributed by atoms with Crippen molar-refractivity contribution in [3.63, 3.8) is 0 Å². The van der Waals surface area contributed by atoms with Gasteiger partial charge in [0, 0.05) is 16.3 Å². The van der Waals surface area contributed by atoms with Crippen LogP contribution in [0.15, 0.2) is 60.7 Å². The molecule has 162 valence electrons. The molecule has 3 rings (SSSR count). The summed E-state index contributed by atoms with van der Waals surface area (Å²) in [5.74, 6) is -0.263. The maximum atomic E-state index is 12.5. The van der Waals surface area contributed by atoms with Gasteiger partial charge in [0.2, 0.25) is 10.0 Å². The normalized spacial score (nSPS) is 11.3. The van der Waals surface area contributed by atoms with Crippen LogP contribution in [0.5, 0.6) is 0 Å². The minimum Gasteiger partial charge on any atom is -0.322 e. The van der Waals surface area contributed by atoms with E-state index in [1.54, 1.807) is 42.5 Å². The van der Waals surface area contributed by atoms with Crippen molar-refractivity contribution in [3.05, 3.63) is 93.5 Å². The molecule has 7 heteroatoms. The minimum atomic E-state index is -3.48. The van der Waals surface area contributed by atoms with Crippen molar-refractivity contribution < 1.29 is 13.2 Å². The van der Waals surface area contributed by atoms with Gasteiger partial charge in [-0.3, -0.25) is 9.10 Å². The molecule has 3 aromatic rings. The second kappa shape index (κ2) is 9.12. The molecular weight excluding hydrogens is 432 g/mol. The molecule has 3 aromatic carbocycles. The molecule has 0 bridgehead atoms. The van der Waals surface area contributed by atoms with Crippen LogP contribution >= 0.6 is 11.6 Å². The lowest BCUT2D eigenvalue weighted by atomic mass is 10.1. The number of carbonyl (C=O) groups is 1. The van der Waals surface area contributed by atoms with Crippen LogP contribution in [0.1, 0.15) is 32.6 Å². The van der Waals surface area contributed by atoms with Crippen molar-refractivity contribution in [2.24, 2.45) is 0 Å². The maximum absolute atomic E-state index is 12.5. The van der Waals surface area contributed by atoms with Crippen LogP contribution in [0.2, 0.25) is 5.02 Å². The van der Waals surface area contributed by atoms with Gasteiger partial charge in [0.05, 0.1) is 18.5 Å². The van der Waals surface area contributed by atoms with Gasteiger partial charge in [-0.05, 0) is 79.4 Å². The standard InChI is InChI=1S/C24H25ClN2O3S/c1-16-6-12-22(13-18(16)3)27(31(4,29)30)15-19-7-9-20(10-8-19)24(28)26-21-11-5-17(2)23(25)14-21/h5-14H,15H2,1-4H3,(H,26,28). The van der Waals surface area contributed by atoms with Gasteiger partial charge in [-0.15, -0.1) is 0 Å². The van der Waals surface area contributed by atoms with Gasteiger partial charge >= 0.3 is 0 Å². The van der Waals surface area contributed by atoms with Crippen LogP contribution in [0.3, 0.4) is 0 Å². The lowest BCUT2D eigenvalue weighted by molar-refractivity contribution is 0.102. The van der Waals surface area contributed by atoms with E-state index in [-0.39, 0.29) is 12.5 Å². The first-order valence-corrected chi connectivity index (χ1v) is 12.0. The quantitative estimate of drug-likeness (QED) is 0.533. The summed E-state index contributed by atoms with van der Waals surface area (Å²) < 4.78 is 26.2. The third-order valence-electron chi connectivity index (χ3n) is 5.15. The Morgan fingerprint density at radius 2 is 1.55 bits per heavy atom. The minimum absolute atomic E-state index is 0.177. The molecule has 0 aliphatic heterocycles. The molecule has 0 fully saturated rings. The maximum Gasteiger partial charge on any atom is 0.255 e. The molecule has 0 atom stereocenters. The molecule has 0 saturated carbocycles. The number of nitrogens with zero attached hydrogens (tertiary/aromatic N) is 1. The Labute approximate surface area is 188 Å². The number of sulfonamides is 1. The van der Waals surface area contributed by atoms with Crippen molar-refractivity contribution in [3.8, 4) is 0 Å². The summed E-state index contributed by atoms with van der Waals surface area (Å²) in [4.78, 5) is 12.5. The van der Waals surface area contributed by atoms with E-state index in [4.69, 9.17) is 11.6 Å². The van der Waals surface area contributed by atoms with Crippen molar-refractivity contribution in [1.29, 1.82) is 0 Å². The van der Waals surface area contributed by atoms with E-state index in [9.17, 15) is 13.2 Å². The topological polar surface area (TPSA) is 66.5 Å². The summed E-state index contributed by atoms with van der Waals surface area (Å²) in [6.45, 7) is 6.01. The first-order chi connectivity index (χ1) is 14.5. The smallest absolute Gasteiger partial charge is 0.255 e. The number of hydrogen-bond donors (Lipinski definition) is 1. The first-order valence-electron chi connectivity index (χ1n) is 9.76. The Bertz CT molecular complexity index is 1220. The predicted molar refractivity (Wildman–Crippen MR) is 128 cm³/mol. The molecule has 5 nitrogen and oxygen atoms in total. The molecule has 0 saturated heterocycles. The Morgan fingerprint density at radius 1 is 0.903 bits per heavy atom. The lowest BCUT2D eigenvalue weighted by Gasteiger charge is -2.23. The van der Waals surface area contributed by atoms with Gasteiger partial charge in [0.15, 0.2) is 0 Å². The number of halogens is 1. The Morgan fingerprint density at radius 3 is 2.13 bits per heavy atom. The van der Waals surface area contributed by atoms with E-state index in [0.29, 0.717) is 22.0 Å². The second-order valence-electron chi connectivity index (χ2n) is 7.65. The number of anilines is 2. The monoisotopic (exact) mass is 456 g/mol. The van der Waals surface area contributed by atoms with Gasteiger partial charge in [-0.25, -0.2) is 8.42 Å². The van der Waals surface area contributed by atoms with Crippen LogP contribution in [0, 0.1) is 20.8 Å². The molecule has 0 aromatic heterocycles. The number of carbonyl (C=O) groups excluding carboxylic acids is 1. The summed E-state index contributed by atoms with van der Waals surface area (Å²) in [6.07, 6.45) is 1.19. The average molecular weight is 457 g/mol. The van der Waals surface area contributed by atoms with E-state index in [2.05, 4.69) is 5.32 Å². The zero-order chi connectivity index (χ0) is 22.8. The van der Waals surface area contributed by atoms with Crippen molar-refractivity contribution in [2.45, 2.75) is 27.3 Å². The van der Waals surface area contributed by atoms with E-state index in [0.717, 1.165) is 22.3 Å². The van der Waals surface area contributed by atoms with Crippen molar-refractivity contribution in [2.75, 3.05) is 15.9 Å². The number of hydrogen-bond acceptors (Lipinski definition) is 3. The summed E-state index contributed by atoms with van der Waals surface area (Å²) in [5.41, 5.74) is 5.53. The predicted octanol–water partition coefficient (Wildman–Crippen LogP) is 5.48. The highest BCUT2D eigenvalue weighted by Gasteiger charge is 2.18. The van der Waals surface area contributed by atoms with Crippen LogP contribution in [-0.4, -0.2) is 20.6 Å². The lowest BCUT2D eigenvalue weighted by Crippen LogP contribution is -2.29. The fraction of sp³-hybridized carbons (Fsp3) is 0.208. The molecule has 0 radical (unpaired) electrons. The van der Waals surface area contributed by atoms with E-state index in [1.807, 2.05) is 39.0 Å². The molecule has 1 N–H and O–H groups in total. The Balaban J connectivity index is 1.78. The first kappa shape index (κ1) is 22.8. The molecule has 0 unspecified atom stereocenters. The van der Waals surface area contributed by atoms with Crippen molar-refractivity contribution in [1.82, 2.24) is 0 Å². The second-order valence-corrected chi connectivity index (χ2v) is 9.97. The van der Waals surface area contributed by atoms with Gasteiger partial charge in [0.1, 0.15) is 0 Å². The number of rotatable bonds is 6. The molecular formula is C24H25ClN2O3S. The molecule has 31 heavy (non-hydrogen) atoms. The fourth-order valence-corrected chi connectivity index (χ4v) is 4.14. The summed E-state index contributed by atoms with van der Waals surface area (Å²) in [6, 6.07) is 17.8. The van der Waals surface area contributed by atoms with Gasteiger partial charge in [0.25, 0.3) is 5.91 Å². The number of amides is 1. The number of aryl methyl sites for hydroxylation is 3. The molecule has 0 aliphatic rings. The molecule has 0 spiro atoms. The van der Waals surface area contributed by atoms with Crippen LogP contribution in [-0.2, 0) is 16.6 Å². The summed E-state index contributed by atoms with van der Waals surface area (Å²) >= 11 is 6.11. The third kappa shape index (κ3) is 5.66.